The van der Waals surface area contributed by atoms with E-state index in [9.17, 15) is 9.59 Å². The van der Waals surface area contributed by atoms with Crippen LogP contribution in [0.1, 0.15) is 72.9 Å². The van der Waals surface area contributed by atoms with E-state index in [1.165, 1.54) is 33.4 Å². The zero-order valence-electron chi connectivity index (χ0n) is 33.7. The second-order valence-corrected chi connectivity index (χ2v) is 16.3. The fraction of sp³-hybridized carbons (Fsp3) is 0.192. The van der Waals surface area contributed by atoms with Gasteiger partial charge in [0.25, 0.3) is 0 Å². The zero-order chi connectivity index (χ0) is 40.3. The van der Waals surface area contributed by atoms with Crippen LogP contribution >= 0.6 is 0 Å². The molecule has 6 aromatic rings. The Morgan fingerprint density at radius 2 is 0.759 bits per heavy atom. The summed E-state index contributed by atoms with van der Waals surface area (Å²) in [7, 11) is 3.30. The summed E-state index contributed by atoms with van der Waals surface area (Å²) in [5, 5.41) is 0. The number of carbonyl (C=O) groups is 2. The molecule has 2 aliphatic heterocycles. The molecule has 4 aliphatic rings. The first-order valence-electron chi connectivity index (χ1n) is 19.8. The predicted molar refractivity (Wildman–Crippen MR) is 232 cm³/mol. The summed E-state index contributed by atoms with van der Waals surface area (Å²) >= 11 is 0. The maximum atomic E-state index is 13.6. The van der Waals surface area contributed by atoms with Crippen molar-refractivity contribution in [3.05, 3.63) is 203 Å². The van der Waals surface area contributed by atoms with Crippen molar-refractivity contribution in [2.24, 2.45) is 10.8 Å². The number of amides is 2. The number of nitrogens with zero attached hydrogens (tertiary/aromatic N) is 2. The minimum atomic E-state index is -0.588. The minimum absolute atomic E-state index is 0.0372. The predicted octanol–water partition coefficient (Wildman–Crippen LogP) is 11.2. The summed E-state index contributed by atoms with van der Waals surface area (Å²) in [5.74, 6) is 1.86. The second-order valence-electron chi connectivity index (χ2n) is 16.3. The smallest absolute Gasteiger partial charge is 0.241 e. The molecule has 2 amide bonds. The molecule has 288 valence electrons. The fourth-order valence-corrected chi connectivity index (χ4v) is 9.54. The molecular weight excluding hydrogens is 717 g/mol. The monoisotopic (exact) mass is 762 g/mol. The van der Waals surface area contributed by atoms with E-state index in [0.717, 1.165) is 45.4 Å². The van der Waals surface area contributed by atoms with E-state index in [1.54, 1.807) is 14.2 Å². The van der Waals surface area contributed by atoms with Crippen LogP contribution in [-0.2, 0) is 9.59 Å². The molecule has 0 saturated heterocycles. The number of allylic oxidation sites excluding steroid dienone is 2. The van der Waals surface area contributed by atoms with Crippen LogP contribution in [-0.4, -0.2) is 26.0 Å². The van der Waals surface area contributed by atoms with Gasteiger partial charge in [-0.15, -0.1) is 0 Å². The highest BCUT2D eigenvalue weighted by molar-refractivity contribution is 6.17. The standard InChI is InChI=1S/2C26H23NO2/c2*1-26(2)23-21-12-8-7-11-20(21)22(17-9-5-4-6-10-17)24(23)27(25(26)28)18-13-15-19(29-3)16-14-18/h2*4-16,22H,1-3H3/t2*22-/m00/s1. The Kier molecular flexibility index (Phi) is 8.96. The van der Waals surface area contributed by atoms with Crippen molar-refractivity contribution in [3.8, 4) is 11.5 Å². The van der Waals surface area contributed by atoms with Crippen molar-refractivity contribution in [1.82, 2.24) is 0 Å². The first-order chi connectivity index (χ1) is 28.1. The molecule has 0 saturated carbocycles. The third-order valence-electron chi connectivity index (χ3n) is 12.3. The largest absolute Gasteiger partial charge is 0.497 e. The van der Waals surface area contributed by atoms with Gasteiger partial charge in [-0.05, 0) is 121 Å². The number of fused-ring (bicyclic) bond motifs is 4. The molecular formula is C52H46N2O4. The third-order valence-corrected chi connectivity index (χ3v) is 12.3. The van der Waals surface area contributed by atoms with Gasteiger partial charge in [-0.1, -0.05) is 109 Å². The summed E-state index contributed by atoms with van der Waals surface area (Å²) < 4.78 is 10.6. The van der Waals surface area contributed by atoms with Crippen LogP contribution < -0.4 is 19.3 Å². The average Bonchev–Trinajstić information content (AvgIpc) is 3.91. The van der Waals surface area contributed by atoms with Crippen LogP contribution in [0.4, 0.5) is 11.4 Å². The van der Waals surface area contributed by atoms with Crippen molar-refractivity contribution >= 4 is 34.3 Å². The molecule has 58 heavy (non-hydrogen) atoms. The zero-order valence-corrected chi connectivity index (χ0v) is 33.7. The highest BCUT2D eigenvalue weighted by Crippen LogP contribution is 2.60. The number of benzene rings is 6. The lowest BCUT2D eigenvalue weighted by Gasteiger charge is -2.29. The molecule has 0 radical (unpaired) electrons. The van der Waals surface area contributed by atoms with Gasteiger partial charge in [-0.25, -0.2) is 0 Å². The van der Waals surface area contributed by atoms with Crippen LogP contribution in [0.5, 0.6) is 11.5 Å². The summed E-state index contributed by atoms with van der Waals surface area (Å²) in [6.07, 6.45) is 0. The Morgan fingerprint density at radius 1 is 0.431 bits per heavy atom. The van der Waals surface area contributed by atoms with Crippen LogP contribution in [0, 0.1) is 10.8 Å². The first kappa shape index (κ1) is 36.9. The Labute approximate surface area is 340 Å². The maximum Gasteiger partial charge on any atom is 0.241 e. The molecule has 0 spiro atoms. The number of rotatable bonds is 6. The average molecular weight is 763 g/mol. The Bertz CT molecular complexity index is 2440. The molecule has 2 atom stereocenters. The molecule has 0 fully saturated rings. The molecule has 0 N–H and O–H groups in total. The van der Waals surface area contributed by atoms with Gasteiger partial charge in [0.05, 0.1) is 36.9 Å². The minimum Gasteiger partial charge on any atom is -0.497 e. The normalized spacial score (nSPS) is 19.3. The molecule has 2 aliphatic carbocycles. The Morgan fingerprint density at radius 3 is 1.10 bits per heavy atom. The van der Waals surface area contributed by atoms with Crippen molar-refractivity contribution in [1.29, 1.82) is 0 Å². The number of ether oxygens (including phenoxy) is 2. The molecule has 2 heterocycles. The van der Waals surface area contributed by atoms with Gasteiger partial charge in [0.2, 0.25) is 11.8 Å². The van der Waals surface area contributed by atoms with E-state index in [2.05, 4.69) is 97.1 Å². The van der Waals surface area contributed by atoms with Gasteiger partial charge in [-0.3, -0.25) is 19.4 Å². The number of hydrogen-bond acceptors (Lipinski definition) is 4. The van der Waals surface area contributed by atoms with Gasteiger partial charge >= 0.3 is 0 Å². The van der Waals surface area contributed by atoms with Gasteiger partial charge in [-0.2, -0.15) is 0 Å². The van der Waals surface area contributed by atoms with Crippen LogP contribution in [0.2, 0.25) is 0 Å². The molecule has 10 rings (SSSR count). The van der Waals surface area contributed by atoms with Crippen molar-refractivity contribution < 1.29 is 19.1 Å². The summed E-state index contributed by atoms with van der Waals surface area (Å²) in [5.41, 5.74) is 12.3. The van der Waals surface area contributed by atoms with E-state index in [0.29, 0.717) is 0 Å². The van der Waals surface area contributed by atoms with Crippen molar-refractivity contribution in [2.45, 2.75) is 39.5 Å². The summed E-state index contributed by atoms with van der Waals surface area (Å²) in [6.45, 7) is 8.16. The maximum absolute atomic E-state index is 13.6. The number of hydrogen-bond donors (Lipinski definition) is 0. The van der Waals surface area contributed by atoms with E-state index >= 15 is 0 Å². The number of carbonyl (C=O) groups excluding carboxylic acids is 2. The lowest BCUT2D eigenvalue weighted by molar-refractivity contribution is -0.123. The SMILES string of the molecule is COc1ccc(N2C(=O)C(C)(C)C3=C2[C@@H](c2ccccc2)c2ccccc23)cc1.COc1ccc(N2C(=O)C(C)(C)C3=C2[C@@H](c2ccccc2)c2ccccc23)cc1. The van der Waals surface area contributed by atoms with E-state index < -0.39 is 10.8 Å². The van der Waals surface area contributed by atoms with Crippen molar-refractivity contribution in [3.63, 3.8) is 0 Å². The van der Waals surface area contributed by atoms with Gasteiger partial charge in [0.15, 0.2) is 0 Å². The molecule has 0 aromatic heterocycles. The highest BCUT2D eigenvalue weighted by atomic mass is 16.5. The summed E-state index contributed by atoms with van der Waals surface area (Å²) in [4.78, 5) is 31.1. The van der Waals surface area contributed by atoms with Crippen LogP contribution in [0.3, 0.4) is 0 Å². The van der Waals surface area contributed by atoms with E-state index in [1.807, 2.05) is 98.2 Å². The third kappa shape index (κ3) is 5.61. The van der Waals surface area contributed by atoms with Crippen molar-refractivity contribution in [2.75, 3.05) is 24.0 Å². The Balaban J connectivity index is 0.000000150. The lowest BCUT2D eigenvalue weighted by atomic mass is 9.82. The molecule has 0 unspecified atom stereocenters. The topological polar surface area (TPSA) is 59.1 Å². The van der Waals surface area contributed by atoms with Crippen LogP contribution in [0.15, 0.2) is 169 Å². The van der Waals surface area contributed by atoms with Gasteiger partial charge < -0.3 is 9.47 Å². The van der Waals surface area contributed by atoms with Gasteiger partial charge in [0, 0.05) is 22.8 Å². The quantitative estimate of drug-likeness (QED) is 0.170. The highest BCUT2D eigenvalue weighted by Gasteiger charge is 2.54. The number of anilines is 2. The van der Waals surface area contributed by atoms with Crippen LogP contribution in [0.25, 0.3) is 11.1 Å². The number of methoxy groups -OCH3 is 2. The second kappa shape index (κ2) is 14.1. The fourth-order valence-electron chi connectivity index (χ4n) is 9.54. The molecule has 6 nitrogen and oxygen atoms in total. The van der Waals surface area contributed by atoms with E-state index in [-0.39, 0.29) is 23.7 Å². The first-order valence-corrected chi connectivity index (χ1v) is 19.8. The molecule has 6 aromatic carbocycles. The lowest BCUT2D eigenvalue weighted by Crippen LogP contribution is -2.35. The van der Waals surface area contributed by atoms with Gasteiger partial charge in [0.1, 0.15) is 11.5 Å². The molecule has 6 heteroatoms. The molecule has 0 bridgehead atoms. The summed E-state index contributed by atoms with van der Waals surface area (Å²) in [6, 6.07) is 53.4. The Hall–Kier alpha value is -6.66. The van der Waals surface area contributed by atoms with E-state index in [4.69, 9.17) is 9.47 Å².